The first-order valence-electron chi connectivity index (χ1n) is 12.8. The molecular weight excluding hydrogens is 476 g/mol. The molecular formula is C28H38N2O5S. The first-order valence-corrected chi connectivity index (χ1v) is 13.8. The molecule has 0 spiro atoms. The Morgan fingerprint density at radius 3 is 2.47 bits per heavy atom. The summed E-state index contributed by atoms with van der Waals surface area (Å²) in [5.41, 5.74) is 0.872. The van der Waals surface area contributed by atoms with E-state index in [1.807, 2.05) is 47.4 Å². The van der Waals surface area contributed by atoms with Crippen LogP contribution in [0.1, 0.15) is 44.6 Å². The van der Waals surface area contributed by atoms with Crippen molar-refractivity contribution in [3.05, 3.63) is 60.2 Å². The monoisotopic (exact) mass is 514 g/mol. The minimum atomic E-state index is -0.963. The lowest BCUT2D eigenvalue weighted by Gasteiger charge is -2.25. The number of hydrogen-bond acceptors (Lipinski definition) is 5. The van der Waals surface area contributed by atoms with E-state index in [1.165, 1.54) is 17.7 Å². The molecule has 0 radical (unpaired) electrons. The zero-order valence-electron chi connectivity index (χ0n) is 21.1. The van der Waals surface area contributed by atoms with Gasteiger partial charge in [0.25, 0.3) is 0 Å². The van der Waals surface area contributed by atoms with Crippen molar-refractivity contribution in [3.8, 4) is 5.75 Å². The normalized spacial score (nSPS) is 14.4. The maximum Gasteiger partial charge on any atom is 0.333 e. The lowest BCUT2D eigenvalue weighted by Crippen LogP contribution is -2.46. The molecule has 36 heavy (non-hydrogen) atoms. The van der Waals surface area contributed by atoms with Gasteiger partial charge in [-0.15, -0.1) is 11.8 Å². The number of aliphatic carboxylic acids is 1. The van der Waals surface area contributed by atoms with Crippen molar-refractivity contribution in [1.29, 1.82) is 0 Å². The molecule has 8 heteroatoms. The van der Waals surface area contributed by atoms with Crippen molar-refractivity contribution in [2.45, 2.75) is 62.5 Å². The van der Waals surface area contributed by atoms with E-state index in [9.17, 15) is 14.7 Å². The lowest BCUT2D eigenvalue weighted by molar-refractivity contribution is -0.149. The predicted octanol–water partition coefficient (Wildman–Crippen LogP) is 5.23. The first-order chi connectivity index (χ1) is 17.5. The van der Waals surface area contributed by atoms with Crippen molar-refractivity contribution in [2.24, 2.45) is 0 Å². The van der Waals surface area contributed by atoms with Gasteiger partial charge in [-0.2, -0.15) is 0 Å². The first kappa shape index (κ1) is 27.9. The molecule has 1 atom stereocenters. The molecule has 7 nitrogen and oxygen atoms in total. The molecule has 0 saturated heterocycles. The summed E-state index contributed by atoms with van der Waals surface area (Å²) in [5.74, 6) is 0.673. The van der Waals surface area contributed by atoms with Crippen LogP contribution >= 0.6 is 11.8 Å². The zero-order chi connectivity index (χ0) is 25.6. The Labute approximate surface area is 218 Å². The molecule has 3 rings (SSSR count). The second-order valence-corrected chi connectivity index (χ2v) is 10.1. The highest BCUT2D eigenvalue weighted by atomic mass is 32.2. The van der Waals surface area contributed by atoms with Crippen molar-refractivity contribution < 1.29 is 24.2 Å². The summed E-state index contributed by atoms with van der Waals surface area (Å²) < 4.78 is 11.2. The third-order valence-electron chi connectivity index (χ3n) is 6.17. The van der Waals surface area contributed by atoms with Gasteiger partial charge in [0.1, 0.15) is 12.4 Å². The molecule has 0 aromatic heterocycles. The van der Waals surface area contributed by atoms with Gasteiger partial charge in [0.05, 0.1) is 6.54 Å². The zero-order valence-corrected chi connectivity index (χ0v) is 21.9. The van der Waals surface area contributed by atoms with Gasteiger partial charge >= 0.3 is 12.0 Å². The second-order valence-electron chi connectivity index (χ2n) is 8.91. The predicted molar refractivity (Wildman–Crippen MR) is 143 cm³/mol. The van der Waals surface area contributed by atoms with Crippen LogP contribution in [0, 0.1) is 0 Å². The highest BCUT2D eigenvalue weighted by Gasteiger charge is 2.21. The van der Waals surface area contributed by atoms with Gasteiger partial charge in [-0.3, -0.25) is 0 Å². The number of ether oxygens (including phenoxy) is 2. The maximum atomic E-state index is 13.0. The third kappa shape index (κ3) is 9.74. The quantitative estimate of drug-likeness (QED) is 0.250. The average Bonchev–Trinajstić information content (AvgIpc) is 3.39. The highest BCUT2D eigenvalue weighted by molar-refractivity contribution is 7.99. The molecule has 0 aliphatic heterocycles. The molecule has 1 aliphatic rings. The van der Waals surface area contributed by atoms with Crippen LogP contribution in [0.5, 0.6) is 5.75 Å². The van der Waals surface area contributed by atoms with E-state index >= 15 is 0 Å². The Bertz CT molecular complexity index is 919. The number of urea groups is 1. The molecule has 2 aromatic carbocycles. The minimum Gasteiger partial charge on any atom is -0.492 e. The number of amides is 2. The SMILES string of the molecule is CCOC(Cc1ccc(OCCN(CCCSc2ccccc2)C(=O)NC2CCCC2)cc1)C(=O)O. The lowest BCUT2D eigenvalue weighted by atomic mass is 10.1. The maximum absolute atomic E-state index is 13.0. The van der Waals surface area contributed by atoms with Gasteiger partial charge in [-0.05, 0) is 61.8 Å². The molecule has 2 amide bonds. The van der Waals surface area contributed by atoms with Crippen LogP contribution in [0.3, 0.4) is 0 Å². The van der Waals surface area contributed by atoms with E-state index in [2.05, 4.69) is 17.4 Å². The minimum absolute atomic E-state index is 0.0128. The number of carboxylic acids is 1. The van der Waals surface area contributed by atoms with Crippen LogP contribution < -0.4 is 10.1 Å². The Morgan fingerprint density at radius 2 is 1.81 bits per heavy atom. The van der Waals surface area contributed by atoms with E-state index in [4.69, 9.17) is 9.47 Å². The standard InChI is InChI=1S/C28H38N2O5S/c1-2-34-26(27(31)32)21-22-13-15-24(16-14-22)35-19-18-30(28(33)29-23-9-6-7-10-23)17-8-20-36-25-11-4-3-5-12-25/h3-5,11-16,23,26H,2,6-10,17-21H2,1H3,(H,29,33)(H,31,32). The van der Waals surface area contributed by atoms with Gasteiger partial charge in [-0.25, -0.2) is 9.59 Å². The van der Waals surface area contributed by atoms with E-state index in [0.717, 1.165) is 30.6 Å². The van der Waals surface area contributed by atoms with Crippen LogP contribution in [0.25, 0.3) is 0 Å². The van der Waals surface area contributed by atoms with Gasteiger partial charge in [-0.1, -0.05) is 43.2 Å². The second kappa shape index (κ2) is 15.4. The number of carbonyl (C=O) groups is 2. The Balaban J connectivity index is 1.47. The van der Waals surface area contributed by atoms with E-state index in [0.29, 0.717) is 38.5 Å². The summed E-state index contributed by atoms with van der Waals surface area (Å²) in [5, 5.41) is 12.5. The Hall–Kier alpha value is -2.71. The summed E-state index contributed by atoms with van der Waals surface area (Å²) in [6, 6.07) is 17.9. The molecule has 0 bridgehead atoms. The molecule has 196 valence electrons. The topological polar surface area (TPSA) is 88.1 Å². The number of rotatable bonds is 15. The fraction of sp³-hybridized carbons (Fsp3) is 0.500. The van der Waals surface area contributed by atoms with Crippen LogP contribution in [0.15, 0.2) is 59.5 Å². The number of carboxylic acid groups (broad SMARTS) is 1. The largest absolute Gasteiger partial charge is 0.492 e. The smallest absolute Gasteiger partial charge is 0.333 e. The highest BCUT2D eigenvalue weighted by Crippen LogP contribution is 2.20. The number of nitrogens with zero attached hydrogens (tertiary/aromatic N) is 1. The molecule has 1 unspecified atom stereocenters. The molecule has 2 aromatic rings. The number of nitrogens with one attached hydrogen (secondary N) is 1. The molecule has 1 saturated carbocycles. The van der Waals surface area contributed by atoms with Crippen molar-refractivity contribution in [3.63, 3.8) is 0 Å². The van der Waals surface area contributed by atoms with Gasteiger partial charge in [0.15, 0.2) is 6.10 Å². The van der Waals surface area contributed by atoms with Crippen LogP contribution in [0.4, 0.5) is 4.79 Å². The fourth-order valence-corrected chi connectivity index (χ4v) is 5.10. The molecule has 2 N–H and O–H groups in total. The fourth-order valence-electron chi connectivity index (χ4n) is 4.24. The molecule has 1 fully saturated rings. The number of benzene rings is 2. The number of thioether (sulfide) groups is 1. The van der Waals surface area contributed by atoms with Crippen LogP contribution in [-0.2, 0) is 16.0 Å². The summed E-state index contributed by atoms with van der Waals surface area (Å²) in [7, 11) is 0. The Morgan fingerprint density at radius 1 is 1.08 bits per heavy atom. The summed E-state index contributed by atoms with van der Waals surface area (Å²) in [6.45, 7) is 3.70. The van der Waals surface area contributed by atoms with Gasteiger partial charge in [0.2, 0.25) is 0 Å². The summed E-state index contributed by atoms with van der Waals surface area (Å²) in [6.07, 6.45) is 4.81. The van der Waals surface area contributed by atoms with E-state index in [-0.39, 0.29) is 12.1 Å². The van der Waals surface area contributed by atoms with E-state index < -0.39 is 12.1 Å². The molecule has 1 aliphatic carbocycles. The van der Waals surface area contributed by atoms with Gasteiger partial charge < -0.3 is 24.8 Å². The van der Waals surface area contributed by atoms with Crippen molar-refractivity contribution in [2.75, 3.05) is 32.1 Å². The third-order valence-corrected chi connectivity index (χ3v) is 7.27. The number of hydrogen-bond donors (Lipinski definition) is 2. The van der Waals surface area contributed by atoms with Crippen molar-refractivity contribution >= 4 is 23.8 Å². The average molecular weight is 515 g/mol. The summed E-state index contributed by atoms with van der Waals surface area (Å²) >= 11 is 1.80. The van der Waals surface area contributed by atoms with Crippen LogP contribution in [-0.4, -0.2) is 66.2 Å². The Kier molecular flexibility index (Phi) is 11.9. The van der Waals surface area contributed by atoms with E-state index in [1.54, 1.807) is 18.7 Å². The van der Waals surface area contributed by atoms with Crippen LogP contribution in [0.2, 0.25) is 0 Å². The number of carbonyl (C=O) groups excluding carboxylic acids is 1. The summed E-state index contributed by atoms with van der Waals surface area (Å²) in [4.78, 5) is 27.4. The molecule has 0 heterocycles. The van der Waals surface area contributed by atoms with Gasteiger partial charge in [0, 0.05) is 30.5 Å². The van der Waals surface area contributed by atoms with Crippen molar-refractivity contribution in [1.82, 2.24) is 10.2 Å².